The van der Waals surface area contributed by atoms with Crippen LogP contribution >= 0.6 is 0 Å². The van der Waals surface area contributed by atoms with Gasteiger partial charge in [-0.1, -0.05) is 13.0 Å². The first-order chi connectivity index (χ1) is 10.1. The highest BCUT2D eigenvalue weighted by Gasteiger charge is 2.52. The van der Waals surface area contributed by atoms with Gasteiger partial charge in [0.05, 0.1) is 7.11 Å². The minimum atomic E-state index is 0.294. The topological polar surface area (TPSA) is 26.3 Å². The number of benzene rings is 1. The van der Waals surface area contributed by atoms with Crippen molar-refractivity contribution in [3.8, 4) is 5.75 Å². The lowest BCUT2D eigenvalue weighted by molar-refractivity contribution is -0.118. The van der Waals surface area contributed by atoms with Crippen LogP contribution in [0, 0.1) is 17.3 Å². The van der Waals surface area contributed by atoms with Crippen molar-refractivity contribution in [2.75, 3.05) is 7.11 Å². The monoisotopic (exact) mass is 284 g/mol. The van der Waals surface area contributed by atoms with Crippen LogP contribution < -0.4 is 4.74 Å². The third-order valence-electron chi connectivity index (χ3n) is 6.50. The van der Waals surface area contributed by atoms with E-state index in [1.54, 1.807) is 7.11 Å². The maximum Gasteiger partial charge on any atom is 0.133 e. The van der Waals surface area contributed by atoms with Gasteiger partial charge in [-0.2, -0.15) is 0 Å². The normalized spacial score (nSPS) is 37.6. The molecule has 4 atom stereocenters. The summed E-state index contributed by atoms with van der Waals surface area (Å²) in [4.78, 5) is 12.0. The molecule has 112 valence electrons. The molecule has 0 aliphatic heterocycles. The van der Waals surface area contributed by atoms with Crippen LogP contribution in [0.3, 0.4) is 0 Å². The van der Waals surface area contributed by atoms with E-state index in [1.807, 2.05) is 0 Å². The SMILES string of the molecule is COc1ccc2c(c1)CC[C@@H]1[C@@H]2CC[C@]2(C)CC(=O)C[C@@H]12. The molecule has 2 saturated carbocycles. The Morgan fingerprint density at radius 1 is 1.29 bits per heavy atom. The van der Waals surface area contributed by atoms with Crippen LogP contribution in [0.25, 0.3) is 0 Å². The Balaban J connectivity index is 1.69. The summed E-state index contributed by atoms with van der Waals surface area (Å²) in [6.07, 6.45) is 6.53. The summed E-state index contributed by atoms with van der Waals surface area (Å²) >= 11 is 0. The molecule has 21 heavy (non-hydrogen) atoms. The molecule has 2 nitrogen and oxygen atoms in total. The number of carbonyl (C=O) groups is 1. The van der Waals surface area contributed by atoms with Crippen molar-refractivity contribution in [2.24, 2.45) is 17.3 Å². The zero-order chi connectivity index (χ0) is 14.6. The Bertz CT molecular complexity index is 591. The van der Waals surface area contributed by atoms with Crippen molar-refractivity contribution in [1.29, 1.82) is 0 Å². The van der Waals surface area contributed by atoms with E-state index < -0.39 is 0 Å². The number of hydrogen-bond donors (Lipinski definition) is 0. The number of hydrogen-bond acceptors (Lipinski definition) is 2. The molecule has 4 rings (SSSR count). The minimum Gasteiger partial charge on any atom is -0.497 e. The summed E-state index contributed by atoms with van der Waals surface area (Å²) < 4.78 is 5.37. The molecular formula is C19H24O2. The quantitative estimate of drug-likeness (QED) is 0.775. The van der Waals surface area contributed by atoms with Gasteiger partial charge < -0.3 is 4.74 Å². The second-order valence-corrected chi connectivity index (χ2v) is 7.59. The molecule has 0 N–H and O–H groups in total. The largest absolute Gasteiger partial charge is 0.497 e. The van der Waals surface area contributed by atoms with Crippen molar-refractivity contribution in [3.63, 3.8) is 0 Å². The van der Waals surface area contributed by atoms with E-state index in [2.05, 4.69) is 25.1 Å². The van der Waals surface area contributed by atoms with Gasteiger partial charge in [0, 0.05) is 12.8 Å². The summed E-state index contributed by atoms with van der Waals surface area (Å²) in [5.41, 5.74) is 3.30. The van der Waals surface area contributed by atoms with Crippen LogP contribution in [0.2, 0.25) is 0 Å². The Hall–Kier alpha value is -1.31. The number of rotatable bonds is 1. The predicted molar refractivity (Wildman–Crippen MR) is 82.6 cm³/mol. The number of carbonyl (C=O) groups excluding carboxylic acids is 1. The molecule has 2 fully saturated rings. The fourth-order valence-corrected chi connectivity index (χ4v) is 5.47. The van der Waals surface area contributed by atoms with E-state index in [-0.39, 0.29) is 0 Å². The first-order valence-corrected chi connectivity index (χ1v) is 8.29. The van der Waals surface area contributed by atoms with Gasteiger partial charge in [-0.05, 0) is 72.1 Å². The van der Waals surface area contributed by atoms with Crippen LogP contribution in [0.15, 0.2) is 18.2 Å². The summed E-state index contributed by atoms with van der Waals surface area (Å²) in [6, 6.07) is 6.61. The van der Waals surface area contributed by atoms with Crippen LogP contribution in [-0.2, 0) is 11.2 Å². The lowest BCUT2D eigenvalue weighted by Gasteiger charge is -2.48. The number of methoxy groups -OCH3 is 1. The molecule has 2 heteroatoms. The molecule has 0 aromatic heterocycles. The van der Waals surface area contributed by atoms with Gasteiger partial charge >= 0.3 is 0 Å². The Kier molecular flexibility index (Phi) is 2.92. The third-order valence-corrected chi connectivity index (χ3v) is 6.50. The fourth-order valence-electron chi connectivity index (χ4n) is 5.47. The van der Waals surface area contributed by atoms with E-state index in [0.717, 1.165) is 30.9 Å². The second kappa shape index (κ2) is 4.59. The zero-order valence-corrected chi connectivity index (χ0v) is 13.0. The lowest BCUT2D eigenvalue weighted by atomic mass is 9.56. The summed E-state index contributed by atoms with van der Waals surface area (Å²) in [6.45, 7) is 2.36. The van der Waals surface area contributed by atoms with Crippen molar-refractivity contribution in [3.05, 3.63) is 29.3 Å². The number of ether oxygens (including phenoxy) is 1. The highest BCUT2D eigenvalue weighted by atomic mass is 16.5. The molecule has 1 aromatic carbocycles. The van der Waals surface area contributed by atoms with Crippen LogP contribution in [0.1, 0.15) is 56.1 Å². The summed E-state index contributed by atoms with van der Waals surface area (Å²) in [5.74, 6) is 3.49. The molecule has 0 spiro atoms. The van der Waals surface area contributed by atoms with Gasteiger partial charge in [0.15, 0.2) is 0 Å². The standard InChI is InChI=1S/C19H24O2/c1-19-8-7-16-15-6-4-14(21-2)9-12(15)3-5-17(16)18(19)10-13(20)11-19/h4,6,9,16-18H,3,5,7-8,10-11H2,1-2H3/t16-,17-,18+,19-/m1/s1. The van der Waals surface area contributed by atoms with E-state index >= 15 is 0 Å². The molecule has 0 bridgehead atoms. The Morgan fingerprint density at radius 3 is 2.95 bits per heavy atom. The van der Waals surface area contributed by atoms with Gasteiger partial charge in [0.1, 0.15) is 11.5 Å². The Morgan fingerprint density at radius 2 is 2.14 bits per heavy atom. The maximum absolute atomic E-state index is 12.0. The van der Waals surface area contributed by atoms with E-state index in [1.165, 1.54) is 30.4 Å². The first kappa shape index (κ1) is 13.4. The maximum atomic E-state index is 12.0. The molecular weight excluding hydrogens is 260 g/mol. The second-order valence-electron chi connectivity index (χ2n) is 7.59. The van der Waals surface area contributed by atoms with Gasteiger partial charge in [-0.15, -0.1) is 0 Å². The van der Waals surface area contributed by atoms with Crippen LogP contribution in [0.5, 0.6) is 5.75 Å². The number of aryl methyl sites for hydroxylation is 1. The fraction of sp³-hybridized carbons (Fsp3) is 0.632. The first-order valence-electron chi connectivity index (χ1n) is 8.29. The van der Waals surface area contributed by atoms with Gasteiger partial charge in [0.2, 0.25) is 0 Å². The zero-order valence-electron chi connectivity index (χ0n) is 13.0. The average Bonchev–Trinajstić information content (AvgIpc) is 2.80. The molecule has 3 aliphatic rings. The van der Waals surface area contributed by atoms with Crippen LogP contribution in [0.4, 0.5) is 0 Å². The molecule has 3 aliphatic carbocycles. The molecule has 0 unspecified atom stereocenters. The number of fused-ring (bicyclic) bond motifs is 5. The van der Waals surface area contributed by atoms with E-state index in [9.17, 15) is 4.79 Å². The van der Waals surface area contributed by atoms with Crippen molar-refractivity contribution < 1.29 is 9.53 Å². The molecule has 0 radical (unpaired) electrons. The number of Topliss-reactive ketones (excluding diaryl/α,β-unsaturated/α-hetero) is 1. The highest BCUT2D eigenvalue weighted by molar-refractivity contribution is 5.82. The third kappa shape index (κ3) is 1.95. The van der Waals surface area contributed by atoms with Crippen molar-refractivity contribution in [2.45, 2.75) is 51.4 Å². The lowest BCUT2D eigenvalue weighted by Crippen LogP contribution is -2.39. The average molecular weight is 284 g/mol. The summed E-state index contributed by atoms with van der Waals surface area (Å²) in [7, 11) is 1.74. The van der Waals surface area contributed by atoms with Crippen molar-refractivity contribution in [1.82, 2.24) is 0 Å². The minimum absolute atomic E-state index is 0.294. The van der Waals surface area contributed by atoms with E-state index in [0.29, 0.717) is 23.0 Å². The van der Waals surface area contributed by atoms with Gasteiger partial charge in [-0.3, -0.25) is 4.79 Å². The van der Waals surface area contributed by atoms with E-state index in [4.69, 9.17) is 4.74 Å². The van der Waals surface area contributed by atoms with Crippen LogP contribution in [-0.4, -0.2) is 12.9 Å². The number of ketones is 1. The molecule has 1 aromatic rings. The summed E-state index contributed by atoms with van der Waals surface area (Å²) in [5, 5.41) is 0. The predicted octanol–water partition coefficient (Wildman–Crippen LogP) is 4.12. The molecule has 0 heterocycles. The highest BCUT2D eigenvalue weighted by Crippen LogP contribution is 2.60. The van der Waals surface area contributed by atoms with Crippen molar-refractivity contribution >= 4 is 5.78 Å². The molecule has 0 saturated heterocycles. The Labute approximate surface area is 126 Å². The van der Waals surface area contributed by atoms with Gasteiger partial charge in [-0.25, -0.2) is 0 Å². The van der Waals surface area contributed by atoms with Gasteiger partial charge in [0.25, 0.3) is 0 Å². The molecule has 0 amide bonds. The smallest absolute Gasteiger partial charge is 0.133 e.